The summed E-state index contributed by atoms with van der Waals surface area (Å²) >= 11 is 2.01. The fourth-order valence-electron chi connectivity index (χ4n) is 1.74. The molecule has 13 heavy (non-hydrogen) atoms. The van der Waals surface area contributed by atoms with Gasteiger partial charge < -0.3 is 10.8 Å². The fourth-order valence-corrected chi connectivity index (χ4v) is 3.09. The van der Waals surface area contributed by atoms with Crippen molar-refractivity contribution in [2.24, 2.45) is 5.73 Å². The predicted molar refractivity (Wildman–Crippen MR) is 59.0 cm³/mol. The van der Waals surface area contributed by atoms with Crippen LogP contribution in [-0.4, -0.2) is 28.8 Å². The molecule has 1 aliphatic carbocycles. The van der Waals surface area contributed by atoms with E-state index in [0.29, 0.717) is 0 Å². The molecule has 78 valence electrons. The van der Waals surface area contributed by atoms with E-state index in [-0.39, 0.29) is 12.6 Å². The number of hydrogen-bond donors (Lipinski definition) is 2. The molecule has 0 aromatic rings. The Bertz CT molecular complexity index is 126. The molecular weight excluding hydrogens is 182 g/mol. The van der Waals surface area contributed by atoms with Gasteiger partial charge in [-0.05, 0) is 19.3 Å². The van der Waals surface area contributed by atoms with Crippen molar-refractivity contribution < 1.29 is 5.11 Å². The lowest BCUT2D eigenvalue weighted by Crippen LogP contribution is -2.25. The Hall–Kier alpha value is 0.270. The number of hydrogen-bond acceptors (Lipinski definition) is 3. The van der Waals surface area contributed by atoms with Gasteiger partial charge in [0.05, 0.1) is 0 Å². The second kappa shape index (κ2) is 6.68. The standard InChI is InChI=1S/C10H21NOS/c11-9(6-7-12)8-13-10-4-2-1-3-5-10/h9-10,12H,1-8,11H2. The number of rotatable bonds is 5. The molecule has 2 nitrogen and oxygen atoms in total. The SMILES string of the molecule is NC(CCO)CSC1CCCCC1. The maximum atomic E-state index is 8.68. The summed E-state index contributed by atoms with van der Waals surface area (Å²) in [7, 11) is 0. The lowest BCUT2D eigenvalue weighted by atomic mass is 10.0. The molecule has 3 N–H and O–H groups in total. The second-order valence-electron chi connectivity index (χ2n) is 3.87. The molecule has 3 heteroatoms. The summed E-state index contributed by atoms with van der Waals surface area (Å²) in [6.07, 6.45) is 7.70. The summed E-state index contributed by atoms with van der Waals surface area (Å²) in [6, 6.07) is 0.192. The summed E-state index contributed by atoms with van der Waals surface area (Å²) in [6.45, 7) is 0.229. The highest BCUT2D eigenvalue weighted by molar-refractivity contribution is 7.99. The Morgan fingerprint density at radius 2 is 2.00 bits per heavy atom. The van der Waals surface area contributed by atoms with Crippen molar-refractivity contribution in [3.63, 3.8) is 0 Å². The number of thioether (sulfide) groups is 1. The van der Waals surface area contributed by atoms with E-state index in [1.807, 2.05) is 11.8 Å². The third-order valence-electron chi connectivity index (χ3n) is 2.60. The maximum absolute atomic E-state index is 8.68. The molecule has 1 saturated carbocycles. The first-order valence-corrected chi connectivity index (χ1v) is 6.36. The first-order valence-electron chi connectivity index (χ1n) is 5.31. The smallest absolute Gasteiger partial charge is 0.0446 e. The van der Waals surface area contributed by atoms with Gasteiger partial charge in [0.2, 0.25) is 0 Å². The quantitative estimate of drug-likeness (QED) is 0.716. The molecule has 0 heterocycles. The Kier molecular flexibility index (Phi) is 5.83. The van der Waals surface area contributed by atoms with E-state index >= 15 is 0 Å². The van der Waals surface area contributed by atoms with E-state index in [0.717, 1.165) is 17.4 Å². The van der Waals surface area contributed by atoms with E-state index in [9.17, 15) is 0 Å². The highest BCUT2D eigenvalue weighted by Crippen LogP contribution is 2.28. The molecule has 1 rings (SSSR count). The van der Waals surface area contributed by atoms with Crippen LogP contribution >= 0.6 is 11.8 Å². The van der Waals surface area contributed by atoms with Crippen molar-refractivity contribution in [3.05, 3.63) is 0 Å². The molecule has 0 saturated heterocycles. The number of aliphatic hydroxyl groups is 1. The van der Waals surface area contributed by atoms with Gasteiger partial charge in [0, 0.05) is 23.7 Å². The normalized spacial score (nSPS) is 21.7. The van der Waals surface area contributed by atoms with Gasteiger partial charge >= 0.3 is 0 Å². The lowest BCUT2D eigenvalue weighted by Gasteiger charge is -2.22. The first-order chi connectivity index (χ1) is 6.33. The van der Waals surface area contributed by atoms with Crippen LogP contribution in [0.4, 0.5) is 0 Å². The molecular formula is C10H21NOS. The molecule has 0 amide bonds. The van der Waals surface area contributed by atoms with Crippen molar-refractivity contribution in [3.8, 4) is 0 Å². The van der Waals surface area contributed by atoms with Crippen LogP contribution in [0.25, 0.3) is 0 Å². The number of nitrogens with two attached hydrogens (primary N) is 1. The highest BCUT2D eigenvalue weighted by Gasteiger charge is 2.14. The van der Waals surface area contributed by atoms with Crippen molar-refractivity contribution in [1.29, 1.82) is 0 Å². The molecule has 0 radical (unpaired) electrons. The van der Waals surface area contributed by atoms with E-state index in [4.69, 9.17) is 10.8 Å². The van der Waals surface area contributed by atoms with Crippen LogP contribution in [0.15, 0.2) is 0 Å². The third-order valence-corrected chi connectivity index (χ3v) is 4.16. The first kappa shape index (κ1) is 11.3. The molecule has 1 aliphatic rings. The van der Waals surface area contributed by atoms with Gasteiger partial charge in [0.15, 0.2) is 0 Å². The van der Waals surface area contributed by atoms with Crippen LogP contribution in [0.5, 0.6) is 0 Å². The van der Waals surface area contributed by atoms with E-state index in [1.165, 1.54) is 32.1 Å². The summed E-state index contributed by atoms with van der Waals surface area (Å²) < 4.78 is 0. The van der Waals surface area contributed by atoms with Gasteiger partial charge in [-0.3, -0.25) is 0 Å². The average Bonchev–Trinajstić information content (AvgIpc) is 2.17. The topological polar surface area (TPSA) is 46.2 Å². The lowest BCUT2D eigenvalue weighted by molar-refractivity contribution is 0.279. The van der Waals surface area contributed by atoms with Crippen molar-refractivity contribution >= 4 is 11.8 Å². The molecule has 1 unspecified atom stereocenters. The van der Waals surface area contributed by atoms with Gasteiger partial charge in [0.25, 0.3) is 0 Å². The monoisotopic (exact) mass is 203 g/mol. The van der Waals surface area contributed by atoms with E-state index in [1.54, 1.807) is 0 Å². The van der Waals surface area contributed by atoms with Crippen LogP contribution in [0.1, 0.15) is 38.5 Å². The molecule has 0 bridgehead atoms. The molecule has 0 aliphatic heterocycles. The summed E-state index contributed by atoms with van der Waals surface area (Å²) in [5.74, 6) is 1.02. The highest BCUT2D eigenvalue weighted by atomic mass is 32.2. The van der Waals surface area contributed by atoms with Crippen LogP contribution in [0, 0.1) is 0 Å². The summed E-state index contributed by atoms with van der Waals surface area (Å²) in [4.78, 5) is 0. The Balaban J connectivity index is 2.03. The van der Waals surface area contributed by atoms with Crippen molar-refractivity contribution in [2.75, 3.05) is 12.4 Å². The van der Waals surface area contributed by atoms with Gasteiger partial charge in [0.1, 0.15) is 0 Å². The molecule has 0 spiro atoms. The zero-order valence-corrected chi connectivity index (χ0v) is 9.06. The van der Waals surface area contributed by atoms with Gasteiger partial charge in [-0.25, -0.2) is 0 Å². The van der Waals surface area contributed by atoms with Gasteiger partial charge in [-0.1, -0.05) is 19.3 Å². The number of aliphatic hydroxyl groups excluding tert-OH is 1. The van der Waals surface area contributed by atoms with Gasteiger partial charge in [-0.2, -0.15) is 11.8 Å². The van der Waals surface area contributed by atoms with Crippen molar-refractivity contribution in [2.45, 2.75) is 49.8 Å². The predicted octanol–water partition coefficient (Wildman–Crippen LogP) is 1.76. The maximum Gasteiger partial charge on any atom is 0.0446 e. The van der Waals surface area contributed by atoms with Crippen LogP contribution in [0.2, 0.25) is 0 Å². The second-order valence-corrected chi connectivity index (χ2v) is 5.20. The summed E-state index contributed by atoms with van der Waals surface area (Å²) in [5.41, 5.74) is 5.82. The molecule has 1 atom stereocenters. The van der Waals surface area contributed by atoms with E-state index < -0.39 is 0 Å². The molecule has 1 fully saturated rings. The van der Waals surface area contributed by atoms with E-state index in [2.05, 4.69) is 0 Å². The van der Waals surface area contributed by atoms with Crippen molar-refractivity contribution in [1.82, 2.24) is 0 Å². The Morgan fingerprint density at radius 1 is 1.31 bits per heavy atom. The summed E-state index contributed by atoms with van der Waals surface area (Å²) in [5, 5.41) is 9.53. The largest absolute Gasteiger partial charge is 0.396 e. The van der Waals surface area contributed by atoms with Gasteiger partial charge in [-0.15, -0.1) is 0 Å². The Morgan fingerprint density at radius 3 is 2.62 bits per heavy atom. The third kappa shape index (κ3) is 4.89. The fraction of sp³-hybridized carbons (Fsp3) is 1.00. The zero-order chi connectivity index (χ0) is 9.52. The van der Waals surface area contributed by atoms with Crippen LogP contribution in [-0.2, 0) is 0 Å². The minimum absolute atomic E-state index is 0.192. The molecule has 0 aromatic carbocycles. The minimum Gasteiger partial charge on any atom is -0.396 e. The Labute approximate surface area is 85.3 Å². The van der Waals surface area contributed by atoms with Crippen LogP contribution in [0.3, 0.4) is 0 Å². The average molecular weight is 203 g/mol. The molecule has 0 aromatic heterocycles. The minimum atomic E-state index is 0.192. The zero-order valence-electron chi connectivity index (χ0n) is 8.24. The van der Waals surface area contributed by atoms with Crippen LogP contribution < -0.4 is 5.73 Å².